The molecule has 0 fully saturated rings. The number of ether oxygens (including phenoxy) is 1. The third-order valence-corrected chi connectivity index (χ3v) is 6.59. The number of thiophene rings is 2. The van der Waals surface area contributed by atoms with Gasteiger partial charge >= 0.3 is 5.97 Å². The van der Waals surface area contributed by atoms with Crippen molar-refractivity contribution in [3.8, 4) is 10.4 Å². The number of nitrogens with one attached hydrogen (secondary N) is 1. The molecule has 1 aliphatic rings. The summed E-state index contributed by atoms with van der Waals surface area (Å²) in [5.41, 5.74) is 10.5. The van der Waals surface area contributed by atoms with Gasteiger partial charge in [-0.2, -0.15) is 0 Å². The lowest BCUT2D eigenvalue weighted by molar-refractivity contribution is -0.895. The second-order valence-corrected chi connectivity index (χ2v) is 8.95. The molecule has 0 radical (unpaired) electrons. The molecular weight excluding hydrogens is 366 g/mol. The van der Waals surface area contributed by atoms with Crippen LogP contribution in [0.25, 0.3) is 20.7 Å². The Labute approximate surface area is 160 Å². The van der Waals surface area contributed by atoms with E-state index >= 15 is 0 Å². The van der Waals surface area contributed by atoms with Gasteiger partial charge in [0.2, 0.25) is 0 Å². The van der Waals surface area contributed by atoms with E-state index in [-0.39, 0.29) is 12.1 Å². The van der Waals surface area contributed by atoms with Gasteiger partial charge in [-0.15, -0.1) is 22.7 Å². The maximum absolute atomic E-state index is 12.5. The number of quaternary nitrogens is 1. The van der Waals surface area contributed by atoms with Crippen molar-refractivity contribution >= 4 is 44.5 Å². The summed E-state index contributed by atoms with van der Waals surface area (Å²) in [4.78, 5) is 21.3. The molecule has 0 saturated carbocycles. The van der Waals surface area contributed by atoms with Crippen molar-refractivity contribution in [2.45, 2.75) is 32.9 Å². The predicted octanol–water partition coefficient (Wildman–Crippen LogP) is 2.74. The highest BCUT2D eigenvalue weighted by Gasteiger charge is 2.29. The second kappa shape index (κ2) is 6.64. The Morgan fingerprint density at radius 1 is 1.42 bits per heavy atom. The Morgan fingerprint density at radius 3 is 2.92 bits per heavy atom. The van der Waals surface area contributed by atoms with Crippen molar-refractivity contribution in [3.63, 3.8) is 0 Å². The molecule has 4 heterocycles. The summed E-state index contributed by atoms with van der Waals surface area (Å²) in [7, 11) is 2.20. The van der Waals surface area contributed by atoms with E-state index in [4.69, 9.17) is 15.5 Å². The maximum atomic E-state index is 12.5. The van der Waals surface area contributed by atoms with Gasteiger partial charge in [-0.25, -0.2) is 9.78 Å². The van der Waals surface area contributed by atoms with E-state index in [1.54, 1.807) is 11.3 Å². The smallest absolute Gasteiger partial charge is 0.350 e. The molecule has 0 aliphatic carbocycles. The van der Waals surface area contributed by atoms with Crippen LogP contribution in [0.2, 0.25) is 0 Å². The molecule has 0 spiro atoms. The number of fused-ring (bicyclic) bond motifs is 2. The van der Waals surface area contributed by atoms with Crippen LogP contribution in [0.5, 0.6) is 0 Å². The van der Waals surface area contributed by atoms with Crippen LogP contribution >= 0.6 is 22.7 Å². The van der Waals surface area contributed by atoms with Crippen molar-refractivity contribution in [3.05, 3.63) is 33.6 Å². The molecule has 1 unspecified atom stereocenters. The summed E-state index contributed by atoms with van der Waals surface area (Å²) >= 11 is 3.04. The van der Waals surface area contributed by atoms with Crippen molar-refractivity contribution < 1.29 is 14.4 Å². The van der Waals surface area contributed by atoms with Crippen molar-refractivity contribution in [1.82, 2.24) is 4.98 Å². The van der Waals surface area contributed by atoms with Gasteiger partial charge in [-0.1, -0.05) is 6.07 Å². The van der Waals surface area contributed by atoms with Gasteiger partial charge in [0.1, 0.15) is 16.3 Å². The zero-order chi connectivity index (χ0) is 18.4. The molecule has 5 nitrogen and oxygen atoms in total. The van der Waals surface area contributed by atoms with Crippen LogP contribution < -0.4 is 10.6 Å². The summed E-state index contributed by atoms with van der Waals surface area (Å²) in [6, 6.07) is 4.17. The molecule has 3 aromatic heterocycles. The van der Waals surface area contributed by atoms with Gasteiger partial charge in [0.25, 0.3) is 0 Å². The van der Waals surface area contributed by atoms with E-state index in [0.29, 0.717) is 10.6 Å². The standard InChI is InChI=1S/C19H21N3O2S2/c1-10(2)24-19(23)17-16(20)15-14(13-5-4-8-25-13)11-9-22(3)7-6-12(11)21-18(15)26-17/h4-5,8,10H,6-7,9,20H2,1-3H3/p+1. The summed E-state index contributed by atoms with van der Waals surface area (Å²) in [5, 5.41) is 2.98. The first-order valence-electron chi connectivity index (χ1n) is 8.75. The molecule has 1 aliphatic heterocycles. The third kappa shape index (κ3) is 2.90. The average molecular weight is 389 g/mol. The number of hydrogen-bond acceptors (Lipinski definition) is 6. The number of pyridine rings is 1. The quantitative estimate of drug-likeness (QED) is 0.677. The fraction of sp³-hybridized carbons (Fsp3) is 0.368. The zero-order valence-electron chi connectivity index (χ0n) is 15.1. The lowest BCUT2D eigenvalue weighted by atomic mass is 9.96. The number of hydrogen-bond donors (Lipinski definition) is 2. The van der Waals surface area contributed by atoms with Crippen LogP contribution in [0.4, 0.5) is 5.69 Å². The monoisotopic (exact) mass is 388 g/mol. The predicted molar refractivity (Wildman–Crippen MR) is 107 cm³/mol. The number of likely N-dealkylation sites (N-methyl/N-ethyl adjacent to an activating group) is 1. The molecule has 7 heteroatoms. The van der Waals surface area contributed by atoms with Crippen molar-refractivity contribution in [2.75, 3.05) is 19.3 Å². The second-order valence-electron chi connectivity index (χ2n) is 7.00. The third-order valence-electron chi connectivity index (χ3n) is 4.63. The molecular formula is C19H22N3O2S2+. The maximum Gasteiger partial charge on any atom is 0.350 e. The van der Waals surface area contributed by atoms with Gasteiger partial charge in [-0.05, 0) is 25.3 Å². The van der Waals surface area contributed by atoms with Crippen molar-refractivity contribution in [1.29, 1.82) is 0 Å². The number of nitrogens with zero attached hydrogens (tertiary/aromatic N) is 1. The summed E-state index contributed by atoms with van der Waals surface area (Å²) < 4.78 is 5.38. The minimum Gasteiger partial charge on any atom is -0.459 e. The summed E-state index contributed by atoms with van der Waals surface area (Å²) in [6.07, 6.45) is 0.765. The Balaban J connectivity index is 1.99. The van der Waals surface area contributed by atoms with Gasteiger partial charge in [0.05, 0.1) is 31.1 Å². The molecule has 0 bridgehead atoms. The number of nitrogens with two attached hydrogens (primary N) is 1. The van der Waals surface area contributed by atoms with E-state index in [1.165, 1.54) is 26.7 Å². The topological polar surface area (TPSA) is 69.6 Å². The number of anilines is 1. The number of esters is 1. The van der Waals surface area contributed by atoms with E-state index in [1.807, 2.05) is 13.8 Å². The molecule has 1 atom stereocenters. The normalized spacial score (nSPS) is 16.8. The first-order chi connectivity index (χ1) is 12.5. The van der Waals surface area contributed by atoms with E-state index in [2.05, 4.69) is 24.6 Å². The van der Waals surface area contributed by atoms with Crippen LogP contribution in [-0.4, -0.2) is 30.6 Å². The minimum absolute atomic E-state index is 0.178. The average Bonchev–Trinajstić information content (AvgIpc) is 3.21. The van der Waals surface area contributed by atoms with Crippen LogP contribution in [0.15, 0.2) is 17.5 Å². The highest BCUT2D eigenvalue weighted by atomic mass is 32.1. The number of nitrogen functional groups attached to an aromatic ring is 1. The molecule has 3 aromatic rings. The number of carbonyl (C=O) groups excluding carboxylic acids is 1. The van der Waals surface area contributed by atoms with Gasteiger partial charge in [0.15, 0.2) is 0 Å². The zero-order valence-corrected chi connectivity index (χ0v) is 16.7. The molecule has 3 N–H and O–H groups in total. The molecule has 26 heavy (non-hydrogen) atoms. The van der Waals surface area contributed by atoms with Gasteiger partial charge in [-0.3, -0.25) is 0 Å². The van der Waals surface area contributed by atoms with Gasteiger partial charge in [0, 0.05) is 27.8 Å². The summed E-state index contributed by atoms with van der Waals surface area (Å²) in [5.74, 6) is -0.363. The van der Waals surface area contributed by atoms with E-state index < -0.39 is 0 Å². The molecule has 136 valence electrons. The van der Waals surface area contributed by atoms with Crippen LogP contribution in [0.3, 0.4) is 0 Å². The fourth-order valence-corrected chi connectivity index (χ4v) is 5.28. The lowest BCUT2D eigenvalue weighted by Crippen LogP contribution is -3.08. The first kappa shape index (κ1) is 17.5. The number of rotatable bonds is 3. The van der Waals surface area contributed by atoms with Crippen LogP contribution in [0, 0.1) is 0 Å². The number of aromatic nitrogens is 1. The highest BCUT2D eigenvalue weighted by molar-refractivity contribution is 7.21. The van der Waals surface area contributed by atoms with Gasteiger partial charge < -0.3 is 15.4 Å². The Morgan fingerprint density at radius 2 is 2.23 bits per heavy atom. The summed E-state index contributed by atoms with van der Waals surface area (Å²) in [6.45, 7) is 5.67. The lowest BCUT2D eigenvalue weighted by Gasteiger charge is -2.24. The first-order valence-corrected chi connectivity index (χ1v) is 10.4. The van der Waals surface area contributed by atoms with Crippen LogP contribution in [0.1, 0.15) is 34.8 Å². The molecule has 0 amide bonds. The molecule has 0 saturated heterocycles. The fourth-order valence-electron chi connectivity index (χ4n) is 3.47. The highest BCUT2D eigenvalue weighted by Crippen LogP contribution is 2.43. The van der Waals surface area contributed by atoms with Crippen LogP contribution in [-0.2, 0) is 17.7 Å². The van der Waals surface area contributed by atoms with Crippen molar-refractivity contribution in [2.24, 2.45) is 0 Å². The molecule has 0 aromatic carbocycles. The minimum atomic E-state index is -0.363. The SMILES string of the molecule is CC(C)OC(=O)c1sc2nc3c(c(-c4cccs4)c2c1N)C[NH+](C)CC3. The number of carbonyl (C=O) groups is 1. The Bertz CT molecular complexity index is 977. The Hall–Kier alpha value is -1.96. The largest absolute Gasteiger partial charge is 0.459 e. The van der Waals surface area contributed by atoms with E-state index in [9.17, 15) is 4.79 Å². The van der Waals surface area contributed by atoms with E-state index in [0.717, 1.165) is 41.0 Å². The molecule has 4 rings (SSSR count). The Kier molecular flexibility index (Phi) is 4.46.